The summed E-state index contributed by atoms with van der Waals surface area (Å²) in [6.07, 6.45) is 3.15. The number of nitrogens with zero attached hydrogens (tertiary/aromatic N) is 3. The van der Waals surface area contributed by atoms with E-state index >= 15 is 0 Å². The highest BCUT2D eigenvalue weighted by atomic mass is 32.1. The number of carbonyl (C=O) groups is 1. The Morgan fingerprint density at radius 1 is 1.37 bits per heavy atom. The normalized spacial score (nSPS) is 16.5. The van der Waals surface area contributed by atoms with Gasteiger partial charge in [-0.05, 0) is 36.4 Å². The van der Waals surface area contributed by atoms with E-state index in [-0.39, 0.29) is 11.9 Å². The van der Waals surface area contributed by atoms with Crippen LogP contribution in [0.4, 0.5) is 15.9 Å². The number of nitrogens with one attached hydrogen (secondary N) is 2. The van der Waals surface area contributed by atoms with E-state index in [4.69, 9.17) is 4.74 Å². The third-order valence-electron chi connectivity index (χ3n) is 4.55. The minimum absolute atomic E-state index is 0.180. The maximum Gasteiger partial charge on any atom is 0.261 e. The summed E-state index contributed by atoms with van der Waals surface area (Å²) in [6, 6.07) is 5.70. The Morgan fingerprint density at radius 2 is 2.26 bits per heavy atom. The Bertz CT molecular complexity index is 979. The molecule has 1 atom stereocenters. The van der Waals surface area contributed by atoms with E-state index in [1.54, 1.807) is 11.3 Å². The second kappa shape index (κ2) is 7.36. The van der Waals surface area contributed by atoms with Gasteiger partial charge in [-0.1, -0.05) is 0 Å². The van der Waals surface area contributed by atoms with Crippen molar-refractivity contribution in [1.29, 1.82) is 0 Å². The standard InChI is InChI=1S/C18H18FN5O2S/c1-26-15-9-11(19)4-5-13(15)22-23-17(25)14-3-2-7-24(14)16-12-6-8-27-18(12)21-10-20-16/h4-6,8-10,14,22H,2-3,7H2,1H3,(H,23,25)/t14-/m0/s1. The monoisotopic (exact) mass is 387 g/mol. The van der Waals surface area contributed by atoms with Gasteiger partial charge < -0.3 is 9.64 Å². The number of rotatable bonds is 5. The summed E-state index contributed by atoms with van der Waals surface area (Å²) in [5.41, 5.74) is 6.01. The first kappa shape index (κ1) is 17.5. The van der Waals surface area contributed by atoms with Crippen LogP contribution in [0.15, 0.2) is 36.0 Å². The highest BCUT2D eigenvalue weighted by Gasteiger charge is 2.32. The van der Waals surface area contributed by atoms with Gasteiger partial charge in [0.05, 0.1) is 18.2 Å². The molecular formula is C18H18FN5O2S. The summed E-state index contributed by atoms with van der Waals surface area (Å²) in [5.74, 6) is 0.503. The number of fused-ring (bicyclic) bond motifs is 1. The predicted octanol–water partition coefficient (Wildman–Crippen LogP) is 2.95. The van der Waals surface area contributed by atoms with Crippen LogP contribution in [-0.4, -0.2) is 35.6 Å². The molecule has 1 aliphatic heterocycles. The van der Waals surface area contributed by atoms with Crippen LogP contribution in [0, 0.1) is 5.82 Å². The van der Waals surface area contributed by atoms with Gasteiger partial charge in [-0.15, -0.1) is 11.3 Å². The molecule has 1 amide bonds. The molecule has 2 aromatic heterocycles. The molecule has 1 aliphatic rings. The van der Waals surface area contributed by atoms with Gasteiger partial charge in [0.15, 0.2) is 0 Å². The van der Waals surface area contributed by atoms with Crippen molar-refractivity contribution in [2.45, 2.75) is 18.9 Å². The van der Waals surface area contributed by atoms with E-state index in [0.29, 0.717) is 11.4 Å². The van der Waals surface area contributed by atoms with Gasteiger partial charge >= 0.3 is 0 Å². The molecule has 3 aromatic rings. The third kappa shape index (κ3) is 3.37. The van der Waals surface area contributed by atoms with Crippen LogP contribution in [0.25, 0.3) is 10.2 Å². The number of hydrogen-bond donors (Lipinski definition) is 2. The minimum Gasteiger partial charge on any atom is -0.494 e. The van der Waals surface area contributed by atoms with E-state index in [1.807, 2.05) is 16.3 Å². The van der Waals surface area contributed by atoms with Crippen molar-refractivity contribution in [2.24, 2.45) is 0 Å². The molecule has 3 heterocycles. The summed E-state index contributed by atoms with van der Waals surface area (Å²) < 4.78 is 18.4. The Hall–Kier alpha value is -2.94. The summed E-state index contributed by atoms with van der Waals surface area (Å²) in [6.45, 7) is 0.750. The van der Waals surface area contributed by atoms with Crippen molar-refractivity contribution in [1.82, 2.24) is 15.4 Å². The maximum atomic E-state index is 13.3. The van der Waals surface area contributed by atoms with Gasteiger partial charge in [-0.2, -0.15) is 0 Å². The number of amides is 1. The highest BCUT2D eigenvalue weighted by Crippen LogP contribution is 2.32. The molecule has 1 fully saturated rings. The fourth-order valence-corrected chi connectivity index (χ4v) is 4.01. The van der Waals surface area contributed by atoms with Crippen molar-refractivity contribution >= 4 is 39.0 Å². The van der Waals surface area contributed by atoms with Gasteiger partial charge in [0.2, 0.25) is 0 Å². The number of methoxy groups -OCH3 is 1. The Morgan fingerprint density at radius 3 is 3.11 bits per heavy atom. The minimum atomic E-state index is -0.408. The van der Waals surface area contributed by atoms with Crippen molar-refractivity contribution in [3.05, 3.63) is 41.8 Å². The van der Waals surface area contributed by atoms with E-state index in [9.17, 15) is 9.18 Å². The number of hydrogen-bond acceptors (Lipinski definition) is 7. The second-order valence-electron chi connectivity index (χ2n) is 6.15. The van der Waals surface area contributed by atoms with E-state index in [1.165, 1.54) is 31.6 Å². The first-order chi connectivity index (χ1) is 13.2. The topological polar surface area (TPSA) is 79.4 Å². The van der Waals surface area contributed by atoms with Gasteiger partial charge in [-0.25, -0.2) is 14.4 Å². The van der Waals surface area contributed by atoms with Crippen LogP contribution in [0.2, 0.25) is 0 Å². The fourth-order valence-electron chi connectivity index (χ4n) is 3.28. The molecule has 0 unspecified atom stereocenters. The lowest BCUT2D eigenvalue weighted by Gasteiger charge is -2.25. The van der Waals surface area contributed by atoms with Crippen LogP contribution < -0.4 is 20.5 Å². The van der Waals surface area contributed by atoms with Crippen LogP contribution in [-0.2, 0) is 4.79 Å². The van der Waals surface area contributed by atoms with Crippen molar-refractivity contribution in [3.8, 4) is 5.75 Å². The van der Waals surface area contributed by atoms with Gasteiger partial charge in [-0.3, -0.25) is 15.6 Å². The number of halogens is 1. The molecular weight excluding hydrogens is 369 g/mol. The van der Waals surface area contributed by atoms with E-state index in [0.717, 1.165) is 35.4 Å². The fraction of sp³-hybridized carbons (Fsp3) is 0.278. The van der Waals surface area contributed by atoms with Gasteiger partial charge in [0.1, 0.15) is 34.6 Å². The van der Waals surface area contributed by atoms with Crippen LogP contribution in [0.1, 0.15) is 12.8 Å². The SMILES string of the molecule is COc1cc(F)ccc1NNC(=O)[C@@H]1CCCN1c1ncnc2sccc12. The molecule has 0 radical (unpaired) electrons. The Labute approximate surface area is 159 Å². The quantitative estimate of drug-likeness (QED) is 0.656. The second-order valence-corrected chi connectivity index (χ2v) is 7.04. The van der Waals surface area contributed by atoms with Crippen molar-refractivity contribution < 1.29 is 13.9 Å². The van der Waals surface area contributed by atoms with Crippen LogP contribution in [0.5, 0.6) is 5.75 Å². The molecule has 140 valence electrons. The van der Waals surface area contributed by atoms with E-state index in [2.05, 4.69) is 20.8 Å². The molecule has 4 rings (SSSR count). The van der Waals surface area contributed by atoms with Crippen LogP contribution in [0.3, 0.4) is 0 Å². The molecule has 1 saturated heterocycles. The number of carbonyl (C=O) groups excluding carboxylic acids is 1. The molecule has 27 heavy (non-hydrogen) atoms. The maximum absolute atomic E-state index is 13.3. The van der Waals surface area contributed by atoms with Crippen molar-refractivity contribution in [2.75, 3.05) is 24.0 Å². The van der Waals surface area contributed by atoms with Gasteiger partial charge in [0, 0.05) is 12.6 Å². The third-order valence-corrected chi connectivity index (χ3v) is 5.37. The number of ether oxygens (including phenoxy) is 1. The molecule has 0 aliphatic carbocycles. The zero-order valence-corrected chi connectivity index (χ0v) is 15.4. The molecule has 9 heteroatoms. The largest absolute Gasteiger partial charge is 0.494 e. The van der Waals surface area contributed by atoms with Crippen molar-refractivity contribution in [3.63, 3.8) is 0 Å². The number of benzene rings is 1. The number of aromatic nitrogens is 2. The van der Waals surface area contributed by atoms with Gasteiger partial charge in [0.25, 0.3) is 5.91 Å². The average Bonchev–Trinajstić information content (AvgIpc) is 3.35. The Balaban J connectivity index is 1.51. The zero-order valence-electron chi connectivity index (χ0n) is 14.6. The molecule has 1 aromatic carbocycles. The highest BCUT2D eigenvalue weighted by molar-refractivity contribution is 7.16. The number of thiophene rings is 1. The summed E-state index contributed by atoms with van der Waals surface area (Å²) >= 11 is 1.55. The lowest BCUT2D eigenvalue weighted by molar-refractivity contribution is -0.121. The average molecular weight is 387 g/mol. The summed E-state index contributed by atoms with van der Waals surface area (Å²) in [7, 11) is 1.45. The molecule has 0 saturated carbocycles. The van der Waals surface area contributed by atoms with E-state index < -0.39 is 5.82 Å². The molecule has 0 spiro atoms. The first-order valence-electron chi connectivity index (χ1n) is 8.51. The predicted molar refractivity (Wildman–Crippen MR) is 103 cm³/mol. The smallest absolute Gasteiger partial charge is 0.261 e. The lowest BCUT2D eigenvalue weighted by Crippen LogP contribution is -2.45. The lowest BCUT2D eigenvalue weighted by atomic mass is 10.2. The zero-order chi connectivity index (χ0) is 18.8. The molecule has 2 N–H and O–H groups in total. The number of anilines is 2. The number of hydrazine groups is 1. The Kier molecular flexibility index (Phi) is 4.76. The van der Waals surface area contributed by atoms with Crippen LogP contribution >= 0.6 is 11.3 Å². The summed E-state index contributed by atoms with van der Waals surface area (Å²) in [4.78, 5) is 24.4. The molecule has 7 nitrogen and oxygen atoms in total. The summed E-state index contributed by atoms with van der Waals surface area (Å²) in [5, 5.41) is 2.92. The first-order valence-corrected chi connectivity index (χ1v) is 9.39. The molecule has 0 bridgehead atoms.